The maximum Gasteiger partial charge on any atom is 0.326 e. The minimum atomic E-state index is -0.541. The third-order valence-electron chi connectivity index (χ3n) is 4.53. The second kappa shape index (κ2) is 7.51. The zero-order valence-corrected chi connectivity index (χ0v) is 14.3. The molecule has 0 aliphatic carbocycles. The quantitative estimate of drug-likeness (QED) is 0.669. The van der Waals surface area contributed by atoms with Gasteiger partial charge in [-0.2, -0.15) is 0 Å². The number of esters is 1. The lowest BCUT2D eigenvalue weighted by Gasteiger charge is -2.19. The number of fused-ring (bicyclic) bond motifs is 1. The summed E-state index contributed by atoms with van der Waals surface area (Å²) < 4.78 is 5.13. The van der Waals surface area contributed by atoms with Crippen LogP contribution in [0.1, 0.15) is 41.7 Å². The largest absolute Gasteiger partial charge is 0.456 e. The number of aromatic nitrogens is 1. The number of aryl methyl sites for hydroxylation is 1. The van der Waals surface area contributed by atoms with Crippen LogP contribution in [-0.4, -0.2) is 47.2 Å². The monoisotopic (exact) mass is 342 g/mol. The van der Waals surface area contributed by atoms with Crippen molar-refractivity contribution in [1.29, 1.82) is 0 Å². The van der Waals surface area contributed by atoms with Crippen LogP contribution in [0.3, 0.4) is 0 Å². The highest BCUT2D eigenvalue weighted by Crippen LogP contribution is 2.22. The molecule has 0 bridgehead atoms. The van der Waals surface area contributed by atoms with E-state index in [1.807, 2.05) is 31.2 Å². The van der Waals surface area contributed by atoms with Gasteiger partial charge in [-0.1, -0.05) is 24.6 Å². The van der Waals surface area contributed by atoms with E-state index in [1.165, 1.54) is 4.90 Å². The molecule has 0 radical (unpaired) electrons. The first kappa shape index (κ1) is 17.2. The lowest BCUT2D eigenvalue weighted by Crippen LogP contribution is -2.36. The number of amides is 1. The third kappa shape index (κ3) is 3.90. The molecular weight excluding hydrogens is 320 g/mol. The van der Waals surface area contributed by atoms with Crippen molar-refractivity contribution in [3.63, 3.8) is 0 Å². The molecule has 1 aromatic carbocycles. The Kier molecular flexibility index (Phi) is 5.16. The predicted octanol–water partition coefficient (Wildman–Crippen LogP) is 2.60. The minimum absolute atomic E-state index is 0.0201. The molecule has 1 saturated heterocycles. The molecule has 2 heterocycles. The Hall–Kier alpha value is -2.63. The molecule has 132 valence electrons. The van der Waals surface area contributed by atoms with E-state index in [9.17, 15) is 14.4 Å². The number of H-pyrrole nitrogens is 1. The van der Waals surface area contributed by atoms with Gasteiger partial charge in [-0.25, -0.2) is 0 Å². The summed E-state index contributed by atoms with van der Waals surface area (Å²) in [6.45, 7) is 2.00. The second-order valence-corrected chi connectivity index (χ2v) is 6.38. The average molecular weight is 342 g/mol. The first-order valence-electron chi connectivity index (χ1n) is 8.60. The van der Waals surface area contributed by atoms with Crippen LogP contribution in [0.25, 0.3) is 10.9 Å². The Morgan fingerprint density at radius 3 is 2.84 bits per heavy atom. The zero-order chi connectivity index (χ0) is 17.8. The van der Waals surface area contributed by atoms with Gasteiger partial charge in [-0.3, -0.25) is 14.4 Å². The van der Waals surface area contributed by atoms with Crippen LogP contribution in [0.4, 0.5) is 0 Å². The molecule has 1 amide bonds. The number of hydrogen-bond donors (Lipinski definition) is 1. The first-order chi connectivity index (χ1) is 12.1. The number of aromatic amines is 1. The molecule has 2 aromatic rings. The number of hydrogen-bond acceptors (Lipinski definition) is 4. The van der Waals surface area contributed by atoms with Gasteiger partial charge in [0.25, 0.3) is 0 Å². The second-order valence-electron chi connectivity index (χ2n) is 6.38. The summed E-state index contributed by atoms with van der Waals surface area (Å²) in [4.78, 5) is 41.1. The van der Waals surface area contributed by atoms with E-state index in [4.69, 9.17) is 4.74 Å². The molecule has 1 N–H and O–H groups in total. The molecule has 25 heavy (non-hydrogen) atoms. The van der Waals surface area contributed by atoms with Gasteiger partial charge in [-0.05, 0) is 25.8 Å². The van der Waals surface area contributed by atoms with Crippen molar-refractivity contribution in [2.75, 3.05) is 19.7 Å². The summed E-state index contributed by atoms with van der Waals surface area (Å²) in [5.41, 5.74) is 2.18. The van der Waals surface area contributed by atoms with Gasteiger partial charge in [0.1, 0.15) is 6.54 Å². The van der Waals surface area contributed by atoms with Gasteiger partial charge in [0.2, 0.25) is 11.7 Å². The fourth-order valence-corrected chi connectivity index (χ4v) is 3.26. The number of carbonyl (C=O) groups is 3. The van der Waals surface area contributed by atoms with Gasteiger partial charge in [-0.15, -0.1) is 0 Å². The van der Waals surface area contributed by atoms with Crippen LogP contribution >= 0.6 is 0 Å². The molecule has 0 atom stereocenters. The number of para-hydroxylation sites is 1. The van der Waals surface area contributed by atoms with E-state index < -0.39 is 5.97 Å². The lowest BCUT2D eigenvalue weighted by molar-refractivity contribution is -0.148. The molecule has 0 spiro atoms. The molecule has 0 saturated carbocycles. The van der Waals surface area contributed by atoms with Crippen LogP contribution in [0.2, 0.25) is 0 Å². The number of carbonyl (C=O) groups excluding carboxylic acids is 3. The molecule has 3 rings (SSSR count). The third-order valence-corrected chi connectivity index (χ3v) is 4.53. The molecular formula is C19H22N2O4. The number of ketones is 1. The zero-order valence-electron chi connectivity index (χ0n) is 14.3. The number of nitrogens with one attached hydrogen (secondary N) is 1. The van der Waals surface area contributed by atoms with Crippen LogP contribution in [0, 0.1) is 6.92 Å². The van der Waals surface area contributed by atoms with Crippen LogP contribution in [-0.2, 0) is 14.3 Å². The van der Waals surface area contributed by atoms with Crippen LogP contribution < -0.4 is 0 Å². The summed E-state index contributed by atoms with van der Waals surface area (Å²) in [5.74, 6) is -0.806. The van der Waals surface area contributed by atoms with E-state index in [0.717, 1.165) is 35.9 Å². The summed E-state index contributed by atoms with van der Waals surface area (Å²) in [5, 5.41) is 0.823. The van der Waals surface area contributed by atoms with Crippen molar-refractivity contribution in [2.24, 2.45) is 0 Å². The number of rotatable bonds is 5. The van der Waals surface area contributed by atoms with Crippen LogP contribution in [0.15, 0.2) is 24.3 Å². The van der Waals surface area contributed by atoms with Crippen molar-refractivity contribution >= 4 is 28.6 Å². The Morgan fingerprint density at radius 1 is 1.20 bits per heavy atom. The van der Waals surface area contributed by atoms with E-state index in [0.29, 0.717) is 18.5 Å². The van der Waals surface area contributed by atoms with E-state index in [1.54, 1.807) is 0 Å². The van der Waals surface area contributed by atoms with E-state index >= 15 is 0 Å². The Morgan fingerprint density at radius 2 is 2.00 bits per heavy atom. The molecule has 6 heteroatoms. The highest BCUT2D eigenvalue weighted by molar-refractivity contribution is 6.10. The standard InChI is InChI=1S/C19H22N2O4/c1-13-19(14-7-4-5-8-15(14)20-13)16(22)12-25-18(24)11-21-10-6-2-3-9-17(21)23/h4-5,7-8,20H,2-3,6,9-12H2,1H3. The fraction of sp³-hybridized carbons (Fsp3) is 0.421. The maximum atomic E-state index is 12.5. The van der Waals surface area contributed by atoms with Gasteiger partial charge >= 0.3 is 5.97 Å². The van der Waals surface area contributed by atoms with Crippen molar-refractivity contribution < 1.29 is 19.1 Å². The van der Waals surface area contributed by atoms with Gasteiger partial charge in [0.05, 0.1) is 0 Å². The van der Waals surface area contributed by atoms with Crippen molar-refractivity contribution in [3.8, 4) is 0 Å². The summed E-state index contributed by atoms with van der Waals surface area (Å²) in [6.07, 6.45) is 3.23. The van der Waals surface area contributed by atoms with Gasteiger partial charge < -0.3 is 14.6 Å². The molecule has 1 fully saturated rings. The number of Topliss-reactive ketones (excluding diaryl/α,β-unsaturated/α-hetero) is 1. The maximum absolute atomic E-state index is 12.5. The number of likely N-dealkylation sites (tertiary alicyclic amines) is 1. The topological polar surface area (TPSA) is 79.5 Å². The first-order valence-corrected chi connectivity index (χ1v) is 8.60. The van der Waals surface area contributed by atoms with Gasteiger partial charge in [0, 0.05) is 35.1 Å². The number of ether oxygens (including phenoxy) is 1. The minimum Gasteiger partial charge on any atom is -0.456 e. The van der Waals surface area contributed by atoms with E-state index in [2.05, 4.69) is 4.98 Å². The van der Waals surface area contributed by atoms with E-state index in [-0.39, 0.29) is 24.8 Å². The average Bonchev–Trinajstić information content (AvgIpc) is 2.80. The molecule has 0 unspecified atom stereocenters. The molecule has 1 aliphatic rings. The highest BCUT2D eigenvalue weighted by Gasteiger charge is 2.21. The fourth-order valence-electron chi connectivity index (χ4n) is 3.26. The summed E-state index contributed by atoms with van der Waals surface area (Å²) in [7, 11) is 0. The number of benzene rings is 1. The summed E-state index contributed by atoms with van der Waals surface area (Å²) >= 11 is 0. The van der Waals surface area contributed by atoms with Crippen LogP contribution in [0.5, 0.6) is 0 Å². The van der Waals surface area contributed by atoms with Crippen molar-refractivity contribution in [1.82, 2.24) is 9.88 Å². The number of nitrogens with zero attached hydrogens (tertiary/aromatic N) is 1. The lowest BCUT2D eigenvalue weighted by atomic mass is 10.1. The SMILES string of the molecule is Cc1[nH]c2ccccc2c1C(=O)COC(=O)CN1CCCCCC1=O. The smallest absolute Gasteiger partial charge is 0.326 e. The Balaban J connectivity index is 1.60. The van der Waals surface area contributed by atoms with Crippen molar-refractivity contribution in [3.05, 3.63) is 35.5 Å². The normalized spacial score (nSPS) is 15.2. The highest BCUT2D eigenvalue weighted by atomic mass is 16.5. The molecule has 6 nitrogen and oxygen atoms in total. The Bertz CT molecular complexity index is 809. The predicted molar refractivity (Wildman–Crippen MR) is 93.4 cm³/mol. The molecule has 1 aliphatic heterocycles. The Labute approximate surface area is 146 Å². The molecule has 1 aromatic heterocycles. The van der Waals surface area contributed by atoms with Gasteiger partial charge in [0.15, 0.2) is 6.61 Å². The van der Waals surface area contributed by atoms with Crippen molar-refractivity contribution in [2.45, 2.75) is 32.6 Å². The summed E-state index contributed by atoms with van der Waals surface area (Å²) in [6, 6.07) is 7.52.